The van der Waals surface area contributed by atoms with E-state index in [0.717, 1.165) is 25.7 Å². The minimum absolute atomic E-state index is 0.0237. The van der Waals surface area contributed by atoms with E-state index in [9.17, 15) is 9.59 Å². The van der Waals surface area contributed by atoms with Gasteiger partial charge in [0.05, 0.1) is 13.2 Å². The zero-order valence-corrected chi connectivity index (χ0v) is 46.2. The number of esters is 2. The van der Waals surface area contributed by atoms with Crippen LogP contribution < -0.4 is 0 Å². The molecule has 396 valence electrons. The van der Waals surface area contributed by atoms with Crippen molar-refractivity contribution in [3.8, 4) is 0 Å². The van der Waals surface area contributed by atoms with Crippen LogP contribution >= 0.6 is 0 Å². The summed E-state index contributed by atoms with van der Waals surface area (Å²) in [5.41, 5.74) is 0. The second kappa shape index (κ2) is 63.9. The van der Waals surface area contributed by atoms with Gasteiger partial charge >= 0.3 is 11.9 Å². The van der Waals surface area contributed by atoms with Crippen molar-refractivity contribution in [3.05, 3.63) is 0 Å². The van der Waals surface area contributed by atoms with Crippen molar-refractivity contribution >= 4 is 11.9 Å². The predicted molar refractivity (Wildman–Crippen MR) is 294 cm³/mol. The molecule has 0 unspecified atom stereocenters. The summed E-state index contributed by atoms with van der Waals surface area (Å²) >= 11 is 0. The molecule has 0 spiro atoms. The highest BCUT2D eigenvalue weighted by molar-refractivity contribution is 5.69. The standard InChI is InChI=1S/C32H64O2.C30H60O2/c1-3-5-7-9-11-13-15-17-18-19-20-22-24-26-28-30-32(33)34-31-29-27-25-23-21-16-14-12-10-8-6-4-2;1-3-5-7-9-11-13-15-16-17-19-21-23-25-27-29-32-30(31)28-26-24-22-20-18-14-12-10-8-6-4-2/h3-31H2,1-2H3;3-29H2,1-2H3. The third-order valence-corrected chi connectivity index (χ3v) is 14.0. The summed E-state index contributed by atoms with van der Waals surface area (Å²) in [7, 11) is 0. The Bertz CT molecular complexity index is 872. The van der Waals surface area contributed by atoms with Gasteiger partial charge in [0.15, 0.2) is 0 Å². The third kappa shape index (κ3) is 65.0. The number of unbranched alkanes of at least 4 members (excludes halogenated alkanes) is 48. The van der Waals surface area contributed by atoms with E-state index in [1.165, 1.54) is 308 Å². The van der Waals surface area contributed by atoms with E-state index < -0.39 is 0 Å². The Hall–Kier alpha value is -1.06. The molecule has 0 aliphatic heterocycles. The highest BCUT2D eigenvalue weighted by Crippen LogP contribution is 2.17. The normalized spacial score (nSPS) is 11.2. The number of carbonyl (C=O) groups is 2. The highest BCUT2D eigenvalue weighted by atomic mass is 16.5. The van der Waals surface area contributed by atoms with Crippen molar-refractivity contribution in [2.45, 2.75) is 374 Å². The minimum atomic E-state index is 0.0237. The summed E-state index contributed by atoms with van der Waals surface area (Å²) in [6, 6.07) is 0. The van der Waals surface area contributed by atoms with Gasteiger partial charge in [-0.1, -0.05) is 336 Å². The SMILES string of the molecule is CCCCCCCCCCCCCCCCCC(=O)OCCCCCCCCCCCCCC.CCCCCCCCCCCCCCCCOC(=O)CCCCCCCCCCCCC. The smallest absolute Gasteiger partial charge is 0.305 e. The van der Waals surface area contributed by atoms with Crippen molar-refractivity contribution in [2.24, 2.45) is 0 Å². The molecule has 66 heavy (non-hydrogen) atoms. The van der Waals surface area contributed by atoms with Gasteiger partial charge in [-0.3, -0.25) is 9.59 Å². The summed E-state index contributed by atoms with van der Waals surface area (Å²) in [5.74, 6) is 0.0494. The predicted octanol–water partition coefficient (Wildman–Crippen LogP) is 22.2. The van der Waals surface area contributed by atoms with E-state index in [1.54, 1.807) is 0 Å². The molecule has 4 nitrogen and oxygen atoms in total. The van der Waals surface area contributed by atoms with E-state index in [4.69, 9.17) is 9.47 Å². The van der Waals surface area contributed by atoms with E-state index in [1.807, 2.05) is 0 Å². The molecule has 0 radical (unpaired) electrons. The number of carbonyl (C=O) groups excluding carboxylic acids is 2. The number of hydrogen-bond donors (Lipinski definition) is 0. The molecule has 4 heteroatoms. The maximum atomic E-state index is 11.9. The Kier molecular flexibility index (Phi) is 64.9. The van der Waals surface area contributed by atoms with Crippen LogP contribution in [0.5, 0.6) is 0 Å². The Labute approximate surface area is 417 Å². The van der Waals surface area contributed by atoms with Gasteiger partial charge in [0, 0.05) is 12.8 Å². The van der Waals surface area contributed by atoms with Crippen LogP contribution in [-0.2, 0) is 19.1 Å². The maximum Gasteiger partial charge on any atom is 0.305 e. The summed E-state index contributed by atoms with van der Waals surface area (Å²) in [4.78, 5) is 23.7. The first kappa shape index (κ1) is 67.0. The summed E-state index contributed by atoms with van der Waals surface area (Å²) in [5, 5.41) is 0. The molecule has 0 rings (SSSR count). The maximum absolute atomic E-state index is 11.9. The Balaban J connectivity index is 0. The van der Waals surface area contributed by atoms with Crippen LogP contribution in [0, 0.1) is 0 Å². The number of ether oxygens (including phenoxy) is 2. The summed E-state index contributed by atoms with van der Waals surface area (Å²) in [6.07, 6.45) is 71.4. The third-order valence-electron chi connectivity index (χ3n) is 14.0. The highest BCUT2D eigenvalue weighted by Gasteiger charge is 2.05. The van der Waals surface area contributed by atoms with Crippen molar-refractivity contribution < 1.29 is 19.1 Å². The van der Waals surface area contributed by atoms with Crippen molar-refractivity contribution in [1.82, 2.24) is 0 Å². The second-order valence-electron chi connectivity index (χ2n) is 20.9. The molecule has 0 heterocycles. The topological polar surface area (TPSA) is 52.6 Å². The molecule has 0 saturated carbocycles. The van der Waals surface area contributed by atoms with Crippen LogP contribution in [0.15, 0.2) is 0 Å². The lowest BCUT2D eigenvalue weighted by Gasteiger charge is -2.06. The molecule has 0 aromatic rings. The van der Waals surface area contributed by atoms with Crippen molar-refractivity contribution in [3.63, 3.8) is 0 Å². The Morgan fingerprint density at radius 1 is 0.197 bits per heavy atom. The lowest BCUT2D eigenvalue weighted by atomic mass is 10.0. The van der Waals surface area contributed by atoms with Crippen LogP contribution in [0.2, 0.25) is 0 Å². The van der Waals surface area contributed by atoms with Gasteiger partial charge in [0.1, 0.15) is 0 Å². The molecule has 0 N–H and O–H groups in total. The fourth-order valence-electron chi connectivity index (χ4n) is 9.33. The number of hydrogen-bond acceptors (Lipinski definition) is 4. The van der Waals surface area contributed by atoms with Crippen LogP contribution in [0.1, 0.15) is 374 Å². The first-order chi connectivity index (χ1) is 32.6. The number of rotatable bonds is 56. The van der Waals surface area contributed by atoms with Gasteiger partial charge in [0.2, 0.25) is 0 Å². The largest absolute Gasteiger partial charge is 0.466 e. The summed E-state index contributed by atoms with van der Waals surface area (Å²) in [6.45, 7) is 10.4. The first-order valence-corrected chi connectivity index (χ1v) is 30.9. The molecule has 0 aliphatic carbocycles. The zero-order valence-electron chi connectivity index (χ0n) is 46.2. The molecular formula is C62H124O4. The second-order valence-corrected chi connectivity index (χ2v) is 20.9. The van der Waals surface area contributed by atoms with Gasteiger partial charge in [-0.25, -0.2) is 0 Å². The van der Waals surface area contributed by atoms with Gasteiger partial charge < -0.3 is 9.47 Å². The molecule has 0 fully saturated rings. The van der Waals surface area contributed by atoms with Crippen LogP contribution in [-0.4, -0.2) is 25.2 Å². The zero-order chi connectivity index (χ0) is 48.2. The van der Waals surface area contributed by atoms with E-state index in [-0.39, 0.29) is 11.9 Å². The Morgan fingerprint density at radius 3 is 0.500 bits per heavy atom. The molecule has 0 atom stereocenters. The van der Waals surface area contributed by atoms with Gasteiger partial charge in [-0.05, 0) is 25.7 Å². The monoisotopic (exact) mass is 933 g/mol. The average molecular weight is 934 g/mol. The van der Waals surface area contributed by atoms with Crippen molar-refractivity contribution in [2.75, 3.05) is 13.2 Å². The first-order valence-electron chi connectivity index (χ1n) is 30.9. The molecular weight excluding hydrogens is 809 g/mol. The lowest BCUT2D eigenvalue weighted by Crippen LogP contribution is -2.05. The van der Waals surface area contributed by atoms with Gasteiger partial charge in [-0.15, -0.1) is 0 Å². The van der Waals surface area contributed by atoms with Crippen LogP contribution in [0.25, 0.3) is 0 Å². The molecule has 0 aromatic carbocycles. The lowest BCUT2D eigenvalue weighted by molar-refractivity contribution is -0.144. The minimum Gasteiger partial charge on any atom is -0.466 e. The van der Waals surface area contributed by atoms with E-state index >= 15 is 0 Å². The quantitative estimate of drug-likeness (QED) is 0.0450. The molecule has 0 saturated heterocycles. The molecule has 0 aliphatic rings. The molecule has 0 aromatic heterocycles. The summed E-state index contributed by atoms with van der Waals surface area (Å²) < 4.78 is 10.8. The molecule has 0 bridgehead atoms. The van der Waals surface area contributed by atoms with E-state index in [2.05, 4.69) is 27.7 Å². The van der Waals surface area contributed by atoms with Crippen LogP contribution in [0.4, 0.5) is 0 Å². The molecule has 0 amide bonds. The van der Waals surface area contributed by atoms with E-state index in [0.29, 0.717) is 26.1 Å². The average Bonchev–Trinajstić information content (AvgIpc) is 3.32. The Morgan fingerprint density at radius 2 is 0.333 bits per heavy atom. The fourth-order valence-corrected chi connectivity index (χ4v) is 9.33. The van der Waals surface area contributed by atoms with Gasteiger partial charge in [0.25, 0.3) is 0 Å². The fraction of sp³-hybridized carbons (Fsp3) is 0.968. The van der Waals surface area contributed by atoms with Crippen molar-refractivity contribution in [1.29, 1.82) is 0 Å². The van der Waals surface area contributed by atoms with Gasteiger partial charge in [-0.2, -0.15) is 0 Å². The van der Waals surface area contributed by atoms with Crippen LogP contribution in [0.3, 0.4) is 0 Å².